The Morgan fingerprint density at radius 1 is 1.23 bits per heavy atom. The van der Waals surface area contributed by atoms with Crippen molar-refractivity contribution in [3.8, 4) is 0 Å². The van der Waals surface area contributed by atoms with Gasteiger partial charge in [-0.3, -0.25) is 10.1 Å². The van der Waals surface area contributed by atoms with Gasteiger partial charge in [-0.25, -0.2) is 13.2 Å². The van der Waals surface area contributed by atoms with Gasteiger partial charge in [0.2, 0.25) is 10.0 Å². The summed E-state index contributed by atoms with van der Waals surface area (Å²) in [5.74, 6) is 0.262. The third-order valence-corrected chi connectivity index (χ3v) is 7.41. The van der Waals surface area contributed by atoms with E-state index in [9.17, 15) is 23.3 Å². The summed E-state index contributed by atoms with van der Waals surface area (Å²) in [6.07, 6.45) is 1.36. The summed E-state index contributed by atoms with van der Waals surface area (Å²) in [5.41, 5.74) is 0.111. The Hall–Kier alpha value is -2.40. The summed E-state index contributed by atoms with van der Waals surface area (Å²) in [6.45, 7) is 6.43. The van der Waals surface area contributed by atoms with E-state index in [1.807, 2.05) is 6.92 Å². The third kappa shape index (κ3) is 4.67. The van der Waals surface area contributed by atoms with E-state index in [1.165, 1.54) is 16.4 Å². The van der Waals surface area contributed by atoms with E-state index in [1.54, 1.807) is 16.7 Å². The molecule has 1 atom stereocenters. The van der Waals surface area contributed by atoms with Gasteiger partial charge in [-0.1, -0.05) is 6.92 Å². The topological polar surface area (TPSA) is 113 Å². The number of carbonyl (C=O) groups excluding carboxylic acids is 1. The first-order valence-corrected chi connectivity index (χ1v) is 11.6. The number of hydrogen-bond acceptors (Lipinski definition) is 7. The number of nitro groups is 1. The van der Waals surface area contributed by atoms with Crippen molar-refractivity contribution in [2.75, 3.05) is 50.8 Å². The maximum absolute atomic E-state index is 13.0. The highest BCUT2D eigenvalue weighted by molar-refractivity contribution is 7.89. The number of ether oxygens (including phenoxy) is 1. The molecule has 0 radical (unpaired) electrons. The fraction of sp³-hybridized carbons (Fsp3) is 0.632. The second kappa shape index (κ2) is 9.17. The van der Waals surface area contributed by atoms with Crippen LogP contribution in [0, 0.1) is 16.0 Å². The fourth-order valence-corrected chi connectivity index (χ4v) is 5.55. The van der Waals surface area contributed by atoms with Crippen LogP contribution in [0.3, 0.4) is 0 Å². The summed E-state index contributed by atoms with van der Waals surface area (Å²) >= 11 is 0. The molecular formula is C19H28N4O6S. The number of nitrogens with zero attached hydrogens (tertiary/aromatic N) is 4. The molecule has 30 heavy (non-hydrogen) atoms. The van der Waals surface area contributed by atoms with Crippen LogP contribution < -0.4 is 4.90 Å². The number of piperazine rings is 1. The fourth-order valence-electron chi connectivity index (χ4n) is 3.94. The zero-order valence-electron chi connectivity index (χ0n) is 17.3. The third-order valence-electron chi connectivity index (χ3n) is 5.55. The molecule has 1 unspecified atom stereocenters. The zero-order chi connectivity index (χ0) is 21.9. The second-order valence-corrected chi connectivity index (χ2v) is 9.63. The molecule has 3 rings (SSSR count). The van der Waals surface area contributed by atoms with Crippen molar-refractivity contribution in [2.24, 2.45) is 5.92 Å². The standard InChI is InChI=1S/C19H28N4O6S/c1-3-29-19(24)21-11-9-20(10-12-21)17-7-6-16(13-18(17)23(25)26)30(27,28)22-8-4-5-15(2)14-22/h6-7,13,15H,3-5,8-12,14H2,1-2H3. The minimum Gasteiger partial charge on any atom is -0.450 e. The number of benzene rings is 1. The van der Waals surface area contributed by atoms with E-state index < -0.39 is 21.0 Å². The number of hydrogen-bond donors (Lipinski definition) is 0. The number of amides is 1. The van der Waals surface area contributed by atoms with Crippen molar-refractivity contribution in [1.82, 2.24) is 9.21 Å². The minimum absolute atomic E-state index is 0.0581. The average Bonchev–Trinajstić information content (AvgIpc) is 2.73. The highest BCUT2D eigenvalue weighted by Gasteiger charge is 2.32. The van der Waals surface area contributed by atoms with E-state index in [-0.39, 0.29) is 23.1 Å². The van der Waals surface area contributed by atoms with Gasteiger partial charge in [0.1, 0.15) is 5.69 Å². The van der Waals surface area contributed by atoms with Crippen LogP contribution in [-0.2, 0) is 14.8 Å². The Morgan fingerprint density at radius 2 is 1.93 bits per heavy atom. The van der Waals surface area contributed by atoms with Crippen molar-refractivity contribution >= 4 is 27.5 Å². The Morgan fingerprint density at radius 3 is 2.53 bits per heavy atom. The molecule has 2 fully saturated rings. The summed E-state index contributed by atoms with van der Waals surface area (Å²) in [4.78, 5) is 26.3. The second-order valence-electron chi connectivity index (χ2n) is 7.69. The molecule has 0 saturated carbocycles. The van der Waals surface area contributed by atoms with E-state index >= 15 is 0 Å². The quantitative estimate of drug-likeness (QED) is 0.510. The number of carbonyl (C=O) groups is 1. The Kier molecular flexibility index (Phi) is 6.81. The van der Waals surface area contributed by atoms with Crippen molar-refractivity contribution in [3.63, 3.8) is 0 Å². The van der Waals surface area contributed by atoms with Crippen LogP contribution in [0.2, 0.25) is 0 Å². The van der Waals surface area contributed by atoms with Crippen LogP contribution in [-0.4, -0.2) is 74.5 Å². The van der Waals surface area contributed by atoms with Crippen molar-refractivity contribution < 1.29 is 22.9 Å². The molecule has 0 aliphatic carbocycles. The summed E-state index contributed by atoms with van der Waals surface area (Å²) < 4.78 is 32.4. The van der Waals surface area contributed by atoms with Crippen LogP contribution in [0.15, 0.2) is 23.1 Å². The largest absolute Gasteiger partial charge is 0.450 e. The maximum Gasteiger partial charge on any atom is 0.409 e. The van der Waals surface area contributed by atoms with Crippen molar-refractivity contribution in [1.29, 1.82) is 0 Å². The molecular weight excluding hydrogens is 412 g/mol. The molecule has 0 aromatic heterocycles. The van der Waals surface area contributed by atoms with Gasteiger partial charge in [-0.05, 0) is 37.8 Å². The molecule has 2 heterocycles. The molecule has 0 bridgehead atoms. The number of sulfonamides is 1. The molecule has 11 heteroatoms. The van der Waals surface area contributed by atoms with Gasteiger partial charge in [0.05, 0.1) is 16.4 Å². The van der Waals surface area contributed by atoms with Gasteiger partial charge in [-0.2, -0.15) is 4.31 Å². The van der Waals surface area contributed by atoms with Gasteiger partial charge < -0.3 is 14.5 Å². The average molecular weight is 441 g/mol. The first-order valence-electron chi connectivity index (χ1n) is 10.2. The first kappa shape index (κ1) is 22.3. The predicted molar refractivity (Wildman–Crippen MR) is 111 cm³/mol. The molecule has 0 spiro atoms. The summed E-state index contributed by atoms with van der Waals surface area (Å²) in [5, 5.41) is 11.7. The van der Waals surface area contributed by atoms with Crippen LogP contribution >= 0.6 is 0 Å². The minimum atomic E-state index is -3.78. The summed E-state index contributed by atoms with van der Waals surface area (Å²) in [7, 11) is -3.78. The molecule has 1 amide bonds. The maximum atomic E-state index is 13.0. The molecule has 0 N–H and O–H groups in total. The lowest BCUT2D eigenvalue weighted by Gasteiger charge is -2.35. The van der Waals surface area contributed by atoms with E-state index in [0.717, 1.165) is 18.9 Å². The van der Waals surface area contributed by atoms with Crippen LogP contribution in [0.4, 0.5) is 16.2 Å². The highest BCUT2D eigenvalue weighted by atomic mass is 32.2. The molecule has 2 saturated heterocycles. The molecule has 1 aromatic carbocycles. The smallest absolute Gasteiger partial charge is 0.409 e. The molecule has 166 valence electrons. The van der Waals surface area contributed by atoms with Gasteiger partial charge in [0.15, 0.2) is 0 Å². The molecule has 1 aromatic rings. The lowest BCUT2D eigenvalue weighted by Crippen LogP contribution is -2.49. The lowest BCUT2D eigenvalue weighted by atomic mass is 10.0. The Labute approximate surface area is 176 Å². The van der Waals surface area contributed by atoms with E-state index in [4.69, 9.17) is 4.74 Å². The van der Waals surface area contributed by atoms with Gasteiger partial charge in [-0.15, -0.1) is 0 Å². The Bertz CT molecular complexity index is 898. The predicted octanol–water partition coefficient (Wildman–Crippen LogP) is 2.29. The van der Waals surface area contributed by atoms with Crippen LogP contribution in [0.25, 0.3) is 0 Å². The number of nitro benzene ring substituents is 1. The van der Waals surface area contributed by atoms with E-state index in [2.05, 4.69) is 0 Å². The first-order chi connectivity index (χ1) is 14.2. The summed E-state index contributed by atoms with van der Waals surface area (Å²) in [6, 6.07) is 4.09. The zero-order valence-corrected chi connectivity index (χ0v) is 18.1. The highest BCUT2D eigenvalue weighted by Crippen LogP contribution is 2.33. The Balaban J connectivity index is 1.81. The SMILES string of the molecule is CCOC(=O)N1CCN(c2ccc(S(=O)(=O)N3CCCC(C)C3)cc2[N+](=O)[O-])CC1. The van der Waals surface area contributed by atoms with Crippen LogP contribution in [0.5, 0.6) is 0 Å². The molecule has 2 aliphatic rings. The van der Waals surface area contributed by atoms with Crippen LogP contribution in [0.1, 0.15) is 26.7 Å². The van der Waals surface area contributed by atoms with Crippen molar-refractivity contribution in [3.05, 3.63) is 28.3 Å². The lowest BCUT2D eigenvalue weighted by molar-refractivity contribution is -0.384. The number of rotatable bonds is 5. The molecule has 10 nitrogen and oxygen atoms in total. The monoisotopic (exact) mass is 440 g/mol. The number of anilines is 1. The normalized spacial score (nSPS) is 20.8. The molecule has 2 aliphatic heterocycles. The number of piperidine rings is 1. The van der Waals surface area contributed by atoms with Gasteiger partial charge in [0.25, 0.3) is 5.69 Å². The van der Waals surface area contributed by atoms with Crippen molar-refractivity contribution in [2.45, 2.75) is 31.6 Å². The van der Waals surface area contributed by atoms with Gasteiger partial charge in [0, 0.05) is 45.3 Å². The van der Waals surface area contributed by atoms with Gasteiger partial charge >= 0.3 is 6.09 Å². The van der Waals surface area contributed by atoms with E-state index in [0.29, 0.717) is 45.0 Å².